The Kier molecular flexibility index (Phi) is 4.25. The Labute approximate surface area is 99.4 Å². The van der Waals surface area contributed by atoms with Gasteiger partial charge in [-0.1, -0.05) is 13.8 Å². The van der Waals surface area contributed by atoms with Crippen LogP contribution in [0.4, 0.5) is 0 Å². The monoisotopic (exact) mass is 239 g/mol. The predicted octanol–water partition coefficient (Wildman–Crippen LogP) is 0.917. The SMILES string of the molecule is CCC(CC)(C(=O)O)C(=O)NCc1cnc[nH]1. The highest BCUT2D eigenvalue weighted by Crippen LogP contribution is 2.27. The number of nitrogens with zero attached hydrogens (tertiary/aromatic N) is 1. The number of carboxylic acid groups (broad SMARTS) is 1. The van der Waals surface area contributed by atoms with E-state index in [1.54, 1.807) is 20.0 Å². The summed E-state index contributed by atoms with van der Waals surface area (Å²) in [4.78, 5) is 29.8. The Morgan fingerprint density at radius 1 is 1.47 bits per heavy atom. The van der Waals surface area contributed by atoms with E-state index >= 15 is 0 Å². The largest absolute Gasteiger partial charge is 0.480 e. The Balaban J connectivity index is 2.69. The lowest BCUT2D eigenvalue weighted by molar-refractivity contribution is -0.156. The van der Waals surface area contributed by atoms with Crippen molar-refractivity contribution in [2.24, 2.45) is 5.41 Å². The van der Waals surface area contributed by atoms with Crippen molar-refractivity contribution in [2.75, 3.05) is 0 Å². The quantitative estimate of drug-likeness (QED) is 0.643. The third kappa shape index (κ3) is 2.64. The van der Waals surface area contributed by atoms with E-state index in [-0.39, 0.29) is 19.4 Å². The first kappa shape index (κ1) is 13.2. The highest BCUT2D eigenvalue weighted by molar-refractivity contribution is 6.01. The van der Waals surface area contributed by atoms with Crippen LogP contribution in [0, 0.1) is 5.41 Å². The molecular weight excluding hydrogens is 222 g/mol. The topological polar surface area (TPSA) is 95.1 Å². The van der Waals surface area contributed by atoms with Crippen LogP contribution in [0.15, 0.2) is 12.5 Å². The number of carbonyl (C=O) groups is 2. The molecule has 0 unspecified atom stereocenters. The average Bonchev–Trinajstić information content (AvgIpc) is 2.81. The van der Waals surface area contributed by atoms with E-state index in [1.807, 2.05) is 0 Å². The maximum Gasteiger partial charge on any atom is 0.319 e. The molecule has 1 amide bonds. The van der Waals surface area contributed by atoms with Gasteiger partial charge in [0.2, 0.25) is 5.91 Å². The van der Waals surface area contributed by atoms with E-state index in [0.29, 0.717) is 0 Å². The van der Waals surface area contributed by atoms with Gasteiger partial charge in [-0.2, -0.15) is 0 Å². The van der Waals surface area contributed by atoms with E-state index < -0.39 is 17.3 Å². The Hall–Kier alpha value is -1.85. The van der Waals surface area contributed by atoms with E-state index in [1.165, 1.54) is 6.33 Å². The number of hydrogen-bond acceptors (Lipinski definition) is 3. The summed E-state index contributed by atoms with van der Waals surface area (Å²) in [6, 6.07) is 0. The number of hydrogen-bond donors (Lipinski definition) is 3. The summed E-state index contributed by atoms with van der Waals surface area (Å²) < 4.78 is 0. The van der Waals surface area contributed by atoms with Crippen LogP contribution >= 0.6 is 0 Å². The summed E-state index contributed by atoms with van der Waals surface area (Å²) in [7, 11) is 0. The molecule has 0 aromatic carbocycles. The molecule has 1 aromatic heterocycles. The van der Waals surface area contributed by atoms with Crippen molar-refractivity contribution in [1.29, 1.82) is 0 Å². The van der Waals surface area contributed by atoms with Gasteiger partial charge in [0.05, 0.1) is 18.6 Å². The molecule has 17 heavy (non-hydrogen) atoms. The predicted molar refractivity (Wildman–Crippen MR) is 61.1 cm³/mol. The van der Waals surface area contributed by atoms with Gasteiger partial charge in [0.1, 0.15) is 5.41 Å². The zero-order valence-corrected chi connectivity index (χ0v) is 9.99. The molecule has 1 aromatic rings. The molecule has 0 spiro atoms. The number of carbonyl (C=O) groups excluding carboxylic acids is 1. The molecule has 0 fully saturated rings. The Morgan fingerprint density at radius 2 is 2.12 bits per heavy atom. The highest BCUT2D eigenvalue weighted by Gasteiger charge is 2.42. The molecule has 0 radical (unpaired) electrons. The summed E-state index contributed by atoms with van der Waals surface area (Å²) in [5, 5.41) is 11.8. The second-order valence-electron chi connectivity index (χ2n) is 3.85. The highest BCUT2D eigenvalue weighted by atomic mass is 16.4. The molecule has 0 aliphatic heterocycles. The van der Waals surface area contributed by atoms with E-state index in [0.717, 1.165) is 5.69 Å². The Bertz CT molecular complexity index is 383. The van der Waals surface area contributed by atoms with Gasteiger partial charge < -0.3 is 15.4 Å². The average molecular weight is 239 g/mol. The maximum absolute atomic E-state index is 11.9. The van der Waals surface area contributed by atoms with Gasteiger partial charge >= 0.3 is 5.97 Å². The van der Waals surface area contributed by atoms with Crippen molar-refractivity contribution < 1.29 is 14.7 Å². The van der Waals surface area contributed by atoms with Gasteiger partial charge in [0.15, 0.2) is 0 Å². The fourth-order valence-electron chi connectivity index (χ4n) is 1.70. The molecule has 6 heteroatoms. The summed E-state index contributed by atoms with van der Waals surface area (Å²) in [5.41, 5.74) is -0.593. The second-order valence-corrected chi connectivity index (χ2v) is 3.85. The molecule has 0 aliphatic rings. The zero-order chi connectivity index (χ0) is 12.9. The first-order valence-corrected chi connectivity index (χ1v) is 5.55. The van der Waals surface area contributed by atoms with Crippen LogP contribution in [-0.2, 0) is 16.1 Å². The molecule has 0 saturated carbocycles. The summed E-state index contributed by atoms with van der Waals surface area (Å²) >= 11 is 0. The molecule has 3 N–H and O–H groups in total. The number of imidazole rings is 1. The summed E-state index contributed by atoms with van der Waals surface area (Å²) in [5.74, 6) is -1.53. The first-order chi connectivity index (χ1) is 8.06. The van der Waals surface area contributed by atoms with Crippen molar-refractivity contribution >= 4 is 11.9 Å². The maximum atomic E-state index is 11.9. The molecule has 0 bridgehead atoms. The molecule has 94 valence electrons. The van der Waals surface area contributed by atoms with E-state index in [4.69, 9.17) is 0 Å². The number of rotatable bonds is 6. The minimum Gasteiger partial charge on any atom is -0.480 e. The van der Waals surface area contributed by atoms with Gasteiger partial charge in [-0.3, -0.25) is 9.59 Å². The third-order valence-corrected chi connectivity index (χ3v) is 3.05. The smallest absolute Gasteiger partial charge is 0.319 e. The number of aromatic amines is 1. The van der Waals surface area contributed by atoms with Gasteiger partial charge in [0.25, 0.3) is 0 Å². The number of aromatic nitrogens is 2. The van der Waals surface area contributed by atoms with Crippen LogP contribution in [0.3, 0.4) is 0 Å². The summed E-state index contributed by atoms with van der Waals surface area (Å²) in [6.07, 6.45) is 3.63. The van der Waals surface area contributed by atoms with Gasteiger partial charge in [-0.25, -0.2) is 4.98 Å². The summed E-state index contributed by atoms with van der Waals surface area (Å²) in [6.45, 7) is 3.66. The van der Waals surface area contributed by atoms with Crippen LogP contribution in [0.2, 0.25) is 0 Å². The standard InChI is InChI=1S/C11H17N3O3/c1-3-11(4-2,10(16)17)9(15)13-6-8-5-12-7-14-8/h5,7H,3-4,6H2,1-2H3,(H,12,14)(H,13,15)(H,16,17). The molecule has 6 nitrogen and oxygen atoms in total. The van der Waals surface area contributed by atoms with Crippen LogP contribution < -0.4 is 5.32 Å². The number of aliphatic carboxylic acids is 1. The molecule has 0 saturated heterocycles. The van der Waals surface area contributed by atoms with Crippen molar-refractivity contribution in [3.63, 3.8) is 0 Å². The third-order valence-electron chi connectivity index (χ3n) is 3.05. The van der Waals surface area contributed by atoms with Crippen LogP contribution in [0.1, 0.15) is 32.4 Å². The van der Waals surface area contributed by atoms with Gasteiger partial charge in [-0.05, 0) is 12.8 Å². The lowest BCUT2D eigenvalue weighted by Crippen LogP contribution is -2.45. The van der Waals surface area contributed by atoms with Crippen molar-refractivity contribution in [2.45, 2.75) is 33.2 Å². The minimum atomic E-state index is -1.33. The fraction of sp³-hybridized carbons (Fsp3) is 0.545. The number of amides is 1. The number of nitrogens with one attached hydrogen (secondary N) is 2. The van der Waals surface area contributed by atoms with Crippen molar-refractivity contribution in [1.82, 2.24) is 15.3 Å². The molecular formula is C11H17N3O3. The first-order valence-electron chi connectivity index (χ1n) is 5.55. The minimum absolute atomic E-state index is 0.258. The number of H-pyrrole nitrogens is 1. The molecule has 1 heterocycles. The second kappa shape index (κ2) is 5.47. The molecule has 1 rings (SSSR count). The molecule has 0 atom stereocenters. The van der Waals surface area contributed by atoms with Crippen LogP contribution in [0.5, 0.6) is 0 Å². The lowest BCUT2D eigenvalue weighted by Gasteiger charge is -2.25. The Morgan fingerprint density at radius 3 is 2.53 bits per heavy atom. The normalized spacial score (nSPS) is 11.2. The van der Waals surface area contributed by atoms with Crippen LogP contribution in [0.25, 0.3) is 0 Å². The van der Waals surface area contributed by atoms with Gasteiger partial charge in [-0.15, -0.1) is 0 Å². The molecule has 0 aliphatic carbocycles. The van der Waals surface area contributed by atoms with Gasteiger partial charge in [0, 0.05) is 6.20 Å². The van der Waals surface area contributed by atoms with Crippen molar-refractivity contribution in [3.8, 4) is 0 Å². The number of carboxylic acids is 1. The van der Waals surface area contributed by atoms with E-state index in [2.05, 4.69) is 15.3 Å². The van der Waals surface area contributed by atoms with E-state index in [9.17, 15) is 14.7 Å². The fourth-order valence-corrected chi connectivity index (χ4v) is 1.70. The zero-order valence-electron chi connectivity index (χ0n) is 9.99. The van der Waals surface area contributed by atoms with Crippen LogP contribution in [-0.4, -0.2) is 27.0 Å². The lowest BCUT2D eigenvalue weighted by atomic mass is 9.81. The van der Waals surface area contributed by atoms with Crippen molar-refractivity contribution in [3.05, 3.63) is 18.2 Å².